The second kappa shape index (κ2) is 12.6. The van der Waals surface area contributed by atoms with Crippen molar-refractivity contribution in [2.75, 3.05) is 0 Å². The molecular formula is C31H23N7O2. The van der Waals surface area contributed by atoms with Crippen molar-refractivity contribution >= 4 is 23.2 Å². The Kier molecular flexibility index (Phi) is 8.14. The number of hydrogen-bond donors (Lipinski definition) is 2. The average Bonchev–Trinajstić information content (AvgIpc) is 3.03. The maximum Gasteiger partial charge on any atom is 0.257 e. The van der Waals surface area contributed by atoms with Gasteiger partial charge in [-0.2, -0.15) is 0 Å². The molecule has 0 radical (unpaired) electrons. The van der Waals surface area contributed by atoms with Crippen LogP contribution in [0.2, 0.25) is 0 Å². The van der Waals surface area contributed by atoms with Crippen LogP contribution < -0.4 is 0 Å². The van der Waals surface area contributed by atoms with Crippen molar-refractivity contribution in [1.29, 1.82) is 0 Å². The maximum atomic E-state index is 10.7. The van der Waals surface area contributed by atoms with Crippen LogP contribution >= 0.6 is 0 Å². The number of aromatic nitrogens is 3. The Morgan fingerprint density at radius 1 is 0.425 bits per heavy atom. The number of benzene rings is 2. The third-order valence-electron chi connectivity index (χ3n) is 5.61. The molecule has 0 saturated heterocycles. The van der Waals surface area contributed by atoms with Crippen LogP contribution in [0.15, 0.2) is 148 Å². The molecule has 2 aromatic carbocycles. The lowest BCUT2D eigenvalue weighted by molar-refractivity contribution is 0.543. The summed E-state index contributed by atoms with van der Waals surface area (Å²) >= 11 is 0. The molecule has 40 heavy (non-hydrogen) atoms. The van der Waals surface area contributed by atoms with Gasteiger partial charge in [0.2, 0.25) is 0 Å². The molecule has 0 unspecified atom stereocenters. The zero-order valence-electron chi connectivity index (χ0n) is 21.1. The monoisotopic (exact) mass is 525 g/mol. The van der Waals surface area contributed by atoms with Crippen LogP contribution in [-0.4, -0.2) is 48.4 Å². The number of pyridine rings is 3. The number of nitrogens with zero attached hydrogens (tertiary/aromatic N) is 7. The predicted octanol–water partition coefficient (Wildman–Crippen LogP) is 5.39. The largest absolute Gasteiger partial charge is 0.491 e. The fourth-order valence-corrected chi connectivity index (χ4v) is 3.69. The molecule has 0 aliphatic heterocycles. The van der Waals surface area contributed by atoms with Crippen LogP contribution in [0, 0.1) is 0 Å². The summed E-state index contributed by atoms with van der Waals surface area (Å²) in [6.45, 7) is 0. The van der Waals surface area contributed by atoms with E-state index in [1.807, 2.05) is 72.8 Å². The summed E-state index contributed by atoms with van der Waals surface area (Å²) in [7, 11) is 0. The third kappa shape index (κ3) is 6.35. The minimum Gasteiger partial charge on any atom is -0.491 e. The van der Waals surface area contributed by atoms with Crippen molar-refractivity contribution in [2.45, 2.75) is 0 Å². The van der Waals surface area contributed by atoms with E-state index < -0.39 is 11.8 Å². The molecular weight excluding hydrogens is 502 g/mol. The SMILES string of the molecule is O/C(=N\N=C(/c1ccccc1)c1ccccn1)c1cccc(/C(O)=N/N=C(\c2ccccc2)c2ccccn2)n1. The summed E-state index contributed by atoms with van der Waals surface area (Å²) in [6, 6.07) is 34.4. The van der Waals surface area contributed by atoms with Gasteiger partial charge in [-0.05, 0) is 36.4 Å². The van der Waals surface area contributed by atoms with E-state index in [0.717, 1.165) is 11.1 Å². The lowest BCUT2D eigenvalue weighted by Gasteiger charge is -2.05. The molecule has 0 aliphatic rings. The van der Waals surface area contributed by atoms with Crippen molar-refractivity contribution in [3.8, 4) is 0 Å². The molecule has 3 heterocycles. The Hall–Kier alpha value is -5.83. The zero-order valence-corrected chi connectivity index (χ0v) is 21.1. The van der Waals surface area contributed by atoms with Crippen molar-refractivity contribution < 1.29 is 10.2 Å². The first-order chi connectivity index (χ1) is 19.7. The predicted molar refractivity (Wildman–Crippen MR) is 155 cm³/mol. The second-order valence-electron chi connectivity index (χ2n) is 8.31. The Balaban J connectivity index is 1.46. The first-order valence-electron chi connectivity index (χ1n) is 12.3. The molecule has 0 bridgehead atoms. The first kappa shape index (κ1) is 25.8. The van der Waals surface area contributed by atoms with Crippen LogP contribution in [0.25, 0.3) is 0 Å². The molecule has 9 heteroatoms. The van der Waals surface area contributed by atoms with E-state index >= 15 is 0 Å². The van der Waals surface area contributed by atoms with Crippen LogP contribution in [0.4, 0.5) is 0 Å². The van der Waals surface area contributed by atoms with Crippen LogP contribution in [0.3, 0.4) is 0 Å². The molecule has 0 aliphatic carbocycles. The Morgan fingerprint density at radius 3 is 1.23 bits per heavy atom. The van der Waals surface area contributed by atoms with Gasteiger partial charge in [-0.25, -0.2) is 4.98 Å². The molecule has 0 amide bonds. The van der Waals surface area contributed by atoms with Gasteiger partial charge < -0.3 is 10.2 Å². The van der Waals surface area contributed by atoms with E-state index in [1.165, 1.54) is 0 Å². The second-order valence-corrected chi connectivity index (χ2v) is 8.31. The van der Waals surface area contributed by atoms with Gasteiger partial charge in [-0.3, -0.25) is 9.97 Å². The smallest absolute Gasteiger partial charge is 0.257 e. The van der Waals surface area contributed by atoms with Crippen molar-refractivity contribution in [3.05, 3.63) is 162 Å². The number of rotatable bonds is 8. The van der Waals surface area contributed by atoms with E-state index in [1.54, 1.807) is 54.9 Å². The average molecular weight is 526 g/mol. The highest BCUT2D eigenvalue weighted by Gasteiger charge is 2.12. The van der Waals surface area contributed by atoms with Gasteiger partial charge in [-0.15, -0.1) is 20.4 Å². The van der Waals surface area contributed by atoms with Gasteiger partial charge >= 0.3 is 0 Å². The molecule has 0 spiro atoms. The highest BCUT2D eigenvalue weighted by Crippen LogP contribution is 2.12. The normalized spacial score (nSPS) is 12.8. The van der Waals surface area contributed by atoms with Gasteiger partial charge in [0.15, 0.2) is 0 Å². The molecule has 194 valence electrons. The Morgan fingerprint density at radius 2 is 0.825 bits per heavy atom. The van der Waals surface area contributed by atoms with Crippen molar-refractivity contribution in [3.63, 3.8) is 0 Å². The summed E-state index contributed by atoms with van der Waals surface area (Å²) in [4.78, 5) is 13.0. The van der Waals surface area contributed by atoms with Gasteiger partial charge in [0.25, 0.3) is 11.8 Å². The van der Waals surface area contributed by atoms with Crippen LogP contribution in [0.1, 0.15) is 33.9 Å². The van der Waals surface area contributed by atoms with Crippen molar-refractivity contribution in [2.24, 2.45) is 20.4 Å². The molecule has 5 aromatic rings. The Labute approximate surface area is 230 Å². The minimum atomic E-state index is -0.444. The molecule has 9 nitrogen and oxygen atoms in total. The van der Waals surface area contributed by atoms with Crippen LogP contribution in [0.5, 0.6) is 0 Å². The summed E-state index contributed by atoms with van der Waals surface area (Å²) in [5, 5.41) is 37.9. The lowest BCUT2D eigenvalue weighted by atomic mass is 10.1. The van der Waals surface area contributed by atoms with E-state index in [0.29, 0.717) is 22.8 Å². The fourth-order valence-electron chi connectivity index (χ4n) is 3.69. The highest BCUT2D eigenvalue weighted by atomic mass is 16.3. The topological polar surface area (TPSA) is 129 Å². The van der Waals surface area contributed by atoms with E-state index in [4.69, 9.17) is 0 Å². The van der Waals surface area contributed by atoms with E-state index in [9.17, 15) is 10.2 Å². The minimum absolute atomic E-state index is 0.0911. The maximum absolute atomic E-state index is 10.7. The summed E-state index contributed by atoms with van der Waals surface area (Å²) < 4.78 is 0. The molecule has 0 atom stereocenters. The third-order valence-corrected chi connectivity index (χ3v) is 5.61. The van der Waals surface area contributed by atoms with Crippen LogP contribution in [-0.2, 0) is 0 Å². The number of aliphatic hydroxyl groups is 2. The van der Waals surface area contributed by atoms with Crippen molar-refractivity contribution in [1.82, 2.24) is 15.0 Å². The quantitative estimate of drug-likeness (QED) is 0.160. The molecule has 3 aromatic heterocycles. The highest BCUT2D eigenvalue weighted by molar-refractivity contribution is 6.12. The van der Waals surface area contributed by atoms with Gasteiger partial charge in [0.05, 0.1) is 11.4 Å². The Bertz CT molecular complexity index is 1480. The molecule has 5 rings (SSSR count). The fraction of sp³-hybridized carbons (Fsp3) is 0. The summed E-state index contributed by atoms with van der Waals surface area (Å²) in [5.41, 5.74) is 3.89. The van der Waals surface area contributed by atoms with E-state index in [2.05, 4.69) is 35.4 Å². The summed E-state index contributed by atoms with van der Waals surface area (Å²) in [5.74, 6) is -0.887. The zero-order chi connectivity index (χ0) is 27.6. The molecule has 2 N–H and O–H groups in total. The molecule has 0 saturated carbocycles. The molecule has 0 fully saturated rings. The van der Waals surface area contributed by atoms with E-state index in [-0.39, 0.29) is 11.4 Å². The number of hydrogen-bond acceptors (Lipinski definition) is 7. The summed E-state index contributed by atoms with van der Waals surface area (Å²) in [6.07, 6.45) is 3.31. The lowest BCUT2D eigenvalue weighted by Crippen LogP contribution is -2.10. The standard InChI is InChI=1S/C31H23N7O2/c39-30(37-35-28(22-12-3-1-4-13-22)24-16-7-9-20-32-24)26-18-11-19-27(34-26)31(40)38-36-29(23-14-5-2-6-15-23)25-17-8-10-21-33-25/h1-21H,(H,37,39)(H,38,40)/b35-28+,36-29+. The van der Waals surface area contributed by atoms with Gasteiger partial charge in [0.1, 0.15) is 22.8 Å². The number of aliphatic hydroxyl groups excluding tert-OH is 2. The van der Waals surface area contributed by atoms with Gasteiger partial charge in [-0.1, -0.05) is 78.9 Å². The van der Waals surface area contributed by atoms with Gasteiger partial charge in [0, 0.05) is 23.5 Å². The first-order valence-corrected chi connectivity index (χ1v) is 12.3.